The summed E-state index contributed by atoms with van der Waals surface area (Å²) < 4.78 is 0. The Morgan fingerprint density at radius 3 is 3.04 bits per heavy atom. The Kier molecular flexibility index (Phi) is 5.33. The second-order valence-electron chi connectivity index (χ2n) is 7.36. The number of H-pyrrole nitrogens is 1. The number of likely N-dealkylation sites (N-methyl/N-ethyl adjacent to an activating group) is 1. The molecule has 0 saturated carbocycles. The first-order valence-corrected chi connectivity index (χ1v) is 10.6. The first kappa shape index (κ1) is 17.0. The molecule has 1 saturated heterocycles. The molecule has 132 valence electrons. The number of benzene rings is 1. The zero-order chi connectivity index (χ0) is 17.1. The van der Waals surface area contributed by atoms with Crippen LogP contribution in [0.5, 0.6) is 0 Å². The molecule has 4 rings (SSSR count). The Morgan fingerprint density at radius 1 is 1.28 bits per heavy atom. The van der Waals surface area contributed by atoms with Gasteiger partial charge in [-0.15, -0.1) is 11.8 Å². The highest BCUT2D eigenvalue weighted by Crippen LogP contribution is 2.27. The number of aryl methyl sites for hydroxylation is 1. The summed E-state index contributed by atoms with van der Waals surface area (Å²) in [6.07, 6.45) is 16.6. The number of nitrogens with one attached hydrogen (secondary N) is 1. The molecule has 2 heterocycles. The van der Waals surface area contributed by atoms with Crippen LogP contribution in [0, 0.1) is 0 Å². The largest absolute Gasteiger partial charge is 0.361 e. The summed E-state index contributed by atoms with van der Waals surface area (Å²) in [6, 6.07) is 7.68. The van der Waals surface area contributed by atoms with Crippen molar-refractivity contribution in [3.8, 4) is 0 Å². The standard InChI is InChI=1S/C22H28N2S/c1-24-12-5-6-19(24)15-18-16-23-22-10-9-17(14-21(18)22)11-13-25-20-7-3-2-4-8-20/h3,7-10,14,16,19,23H,2,4-6,11-13,15H2,1H3. The first-order chi connectivity index (χ1) is 12.3. The third-order valence-corrected chi connectivity index (χ3v) is 6.62. The van der Waals surface area contributed by atoms with Crippen LogP contribution in [-0.2, 0) is 12.8 Å². The van der Waals surface area contributed by atoms with Gasteiger partial charge in [0.05, 0.1) is 0 Å². The van der Waals surface area contributed by atoms with Crippen molar-refractivity contribution in [3.05, 3.63) is 58.7 Å². The number of hydrogen-bond donors (Lipinski definition) is 1. The molecular formula is C22H28N2S. The summed E-state index contributed by atoms with van der Waals surface area (Å²) in [5.74, 6) is 1.16. The molecule has 1 unspecified atom stereocenters. The van der Waals surface area contributed by atoms with Gasteiger partial charge in [0.2, 0.25) is 0 Å². The highest BCUT2D eigenvalue weighted by molar-refractivity contribution is 8.03. The third-order valence-electron chi connectivity index (χ3n) is 5.58. The van der Waals surface area contributed by atoms with Gasteiger partial charge in [0.25, 0.3) is 0 Å². The van der Waals surface area contributed by atoms with Crippen LogP contribution in [0.2, 0.25) is 0 Å². The lowest BCUT2D eigenvalue weighted by Gasteiger charge is -2.18. The Labute approximate surface area is 155 Å². The van der Waals surface area contributed by atoms with Crippen LogP contribution in [-0.4, -0.2) is 35.3 Å². The maximum absolute atomic E-state index is 3.47. The average molecular weight is 353 g/mol. The van der Waals surface area contributed by atoms with Gasteiger partial charge >= 0.3 is 0 Å². The van der Waals surface area contributed by atoms with E-state index in [0.717, 1.165) is 12.2 Å². The van der Waals surface area contributed by atoms with Crippen LogP contribution in [0.1, 0.15) is 36.8 Å². The Bertz CT molecular complexity index is 786. The van der Waals surface area contributed by atoms with Crippen molar-refractivity contribution in [2.45, 2.75) is 44.6 Å². The van der Waals surface area contributed by atoms with Crippen molar-refractivity contribution in [1.29, 1.82) is 0 Å². The molecule has 2 nitrogen and oxygen atoms in total. The molecule has 1 aromatic heterocycles. The molecule has 1 aromatic carbocycles. The molecule has 3 heteroatoms. The second-order valence-corrected chi connectivity index (χ2v) is 8.53. The number of hydrogen-bond acceptors (Lipinski definition) is 2. The van der Waals surface area contributed by atoms with Gasteiger partial charge < -0.3 is 9.88 Å². The molecular weight excluding hydrogens is 324 g/mol. The smallest absolute Gasteiger partial charge is 0.0456 e. The Balaban J connectivity index is 1.42. The Morgan fingerprint density at radius 2 is 2.24 bits per heavy atom. The predicted molar refractivity (Wildman–Crippen MR) is 110 cm³/mol. The summed E-state index contributed by atoms with van der Waals surface area (Å²) in [6.45, 7) is 1.25. The first-order valence-electron chi connectivity index (χ1n) is 9.58. The van der Waals surface area contributed by atoms with Gasteiger partial charge in [-0.1, -0.05) is 24.3 Å². The van der Waals surface area contributed by atoms with Crippen molar-refractivity contribution in [2.75, 3.05) is 19.3 Å². The van der Waals surface area contributed by atoms with E-state index in [-0.39, 0.29) is 0 Å². The lowest BCUT2D eigenvalue weighted by Crippen LogP contribution is -2.26. The van der Waals surface area contributed by atoms with Gasteiger partial charge in [-0.05, 0) is 75.4 Å². The molecule has 25 heavy (non-hydrogen) atoms. The zero-order valence-electron chi connectivity index (χ0n) is 15.1. The van der Waals surface area contributed by atoms with E-state index < -0.39 is 0 Å². The maximum atomic E-state index is 3.47. The number of fused-ring (bicyclic) bond motifs is 1. The fourth-order valence-corrected chi connectivity index (χ4v) is 5.03. The minimum Gasteiger partial charge on any atom is -0.361 e. The highest BCUT2D eigenvalue weighted by atomic mass is 32.2. The van der Waals surface area contributed by atoms with Crippen LogP contribution in [0.4, 0.5) is 0 Å². The molecule has 0 bridgehead atoms. The summed E-state index contributed by atoms with van der Waals surface area (Å²) in [5, 5.41) is 1.43. The van der Waals surface area contributed by atoms with E-state index in [2.05, 4.69) is 59.6 Å². The fourth-order valence-electron chi connectivity index (χ4n) is 4.02. The van der Waals surface area contributed by atoms with Gasteiger partial charge in [-0.2, -0.15) is 0 Å². The third kappa shape index (κ3) is 4.04. The number of allylic oxidation sites excluding steroid dienone is 3. The number of thioether (sulfide) groups is 1. The van der Waals surface area contributed by atoms with Crippen molar-refractivity contribution in [2.24, 2.45) is 0 Å². The quantitative estimate of drug-likeness (QED) is 0.759. The summed E-state index contributed by atoms with van der Waals surface area (Å²) in [4.78, 5) is 7.43. The average Bonchev–Trinajstić information content (AvgIpc) is 3.23. The van der Waals surface area contributed by atoms with Crippen molar-refractivity contribution in [1.82, 2.24) is 9.88 Å². The highest BCUT2D eigenvalue weighted by Gasteiger charge is 2.22. The summed E-state index contributed by atoms with van der Waals surface area (Å²) >= 11 is 1.99. The maximum Gasteiger partial charge on any atom is 0.0456 e. The number of aromatic nitrogens is 1. The summed E-state index contributed by atoms with van der Waals surface area (Å²) in [7, 11) is 2.27. The van der Waals surface area contributed by atoms with Crippen molar-refractivity contribution < 1.29 is 0 Å². The number of rotatable bonds is 6. The van der Waals surface area contributed by atoms with Gasteiger partial charge in [0, 0.05) is 33.8 Å². The molecule has 1 fully saturated rings. The van der Waals surface area contributed by atoms with Crippen molar-refractivity contribution in [3.63, 3.8) is 0 Å². The van der Waals surface area contributed by atoms with Gasteiger partial charge in [-0.25, -0.2) is 0 Å². The number of likely N-dealkylation sites (tertiary alicyclic amines) is 1. The van der Waals surface area contributed by atoms with E-state index in [0.29, 0.717) is 6.04 Å². The van der Waals surface area contributed by atoms with Gasteiger partial charge in [0.1, 0.15) is 0 Å². The fraction of sp³-hybridized carbons (Fsp3) is 0.455. The van der Waals surface area contributed by atoms with Gasteiger partial charge in [0.15, 0.2) is 0 Å². The molecule has 2 aliphatic rings. The summed E-state index contributed by atoms with van der Waals surface area (Å²) in [5.41, 5.74) is 4.23. The van der Waals surface area contributed by atoms with E-state index in [4.69, 9.17) is 0 Å². The van der Waals surface area contributed by atoms with Gasteiger partial charge in [-0.3, -0.25) is 0 Å². The molecule has 0 spiro atoms. The Hall–Kier alpha value is -1.45. The minimum atomic E-state index is 0.711. The van der Waals surface area contributed by atoms with E-state index >= 15 is 0 Å². The minimum absolute atomic E-state index is 0.711. The van der Waals surface area contributed by atoms with Crippen molar-refractivity contribution >= 4 is 22.7 Å². The lowest BCUT2D eigenvalue weighted by atomic mass is 10.0. The van der Waals surface area contributed by atoms with Crippen LogP contribution in [0.3, 0.4) is 0 Å². The van der Waals surface area contributed by atoms with Crippen LogP contribution >= 0.6 is 11.8 Å². The van der Waals surface area contributed by atoms with Crippen LogP contribution in [0.25, 0.3) is 10.9 Å². The van der Waals surface area contributed by atoms with Crippen LogP contribution in [0.15, 0.2) is 47.5 Å². The molecule has 0 amide bonds. The van der Waals surface area contributed by atoms with E-state index in [1.54, 1.807) is 0 Å². The monoisotopic (exact) mass is 352 g/mol. The van der Waals surface area contributed by atoms with E-state index in [1.807, 2.05) is 11.8 Å². The number of nitrogens with zero attached hydrogens (tertiary/aromatic N) is 1. The number of aromatic amines is 1. The molecule has 0 radical (unpaired) electrons. The zero-order valence-corrected chi connectivity index (χ0v) is 15.9. The predicted octanol–water partition coefficient (Wildman–Crippen LogP) is 5.31. The van der Waals surface area contributed by atoms with Crippen LogP contribution < -0.4 is 0 Å². The molecule has 2 aromatic rings. The molecule has 1 aliphatic heterocycles. The topological polar surface area (TPSA) is 19.0 Å². The lowest BCUT2D eigenvalue weighted by molar-refractivity contribution is 0.310. The molecule has 1 N–H and O–H groups in total. The second kappa shape index (κ2) is 7.84. The van der Waals surface area contributed by atoms with E-state index in [9.17, 15) is 0 Å². The normalized spacial score (nSPS) is 21.2. The molecule has 1 aliphatic carbocycles. The molecule has 1 atom stereocenters. The SMILES string of the molecule is CN1CCCC1Cc1c[nH]c2ccc(CCSC3=CCCC=C3)cc12. The van der Waals surface area contributed by atoms with E-state index in [1.165, 1.54) is 65.6 Å².